The number of methoxy groups -OCH3 is 2. The molecule has 0 aliphatic rings. The Morgan fingerprint density at radius 1 is 0.914 bits per heavy atom. The molecule has 0 unspecified atom stereocenters. The third-order valence-corrected chi connectivity index (χ3v) is 6.01. The maximum Gasteiger partial charge on any atom is 0.343 e. The van der Waals surface area contributed by atoms with E-state index in [0.717, 1.165) is 0 Å². The van der Waals surface area contributed by atoms with E-state index >= 15 is 0 Å². The van der Waals surface area contributed by atoms with Crippen LogP contribution in [-0.4, -0.2) is 47.3 Å². The number of sulfonamides is 1. The second-order valence-corrected chi connectivity index (χ2v) is 8.73. The molecule has 0 aromatic heterocycles. The van der Waals surface area contributed by atoms with Crippen molar-refractivity contribution in [3.8, 4) is 17.2 Å². The number of hydrogen-bond donors (Lipinski definition) is 2. The van der Waals surface area contributed by atoms with Crippen molar-refractivity contribution in [3.05, 3.63) is 83.9 Å². The van der Waals surface area contributed by atoms with Gasteiger partial charge in [0, 0.05) is 0 Å². The molecule has 2 N–H and O–H groups in total. The summed E-state index contributed by atoms with van der Waals surface area (Å²) in [4.78, 5) is 24.4. The molecule has 0 atom stereocenters. The average Bonchev–Trinajstić information content (AvgIpc) is 2.88. The van der Waals surface area contributed by atoms with Crippen molar-refractivity contribution in [2.24, 2.45) is 5.10 Å². The van der Waals surface area contributed by atoms with Gasteiger partial charge >= 0.3 is 5.97 Å². The van der Waals surface area contributed by atoms with Gasteiger partial charge in [-0.3, -0.25) is 4.79 Å². The maximum atomic E-state index is 12.4. The zero-order chi connectivity index (χ0) is 25.3. The number of nitrogens with one attached hydrogen (secondary N) is 2. The first-order valence-corrected chi connectivity index (χ1v) is 11.7. The Balaban J connectivity index is 1.56. The van der Waals surface area contributed by atoms with Gasteiger partial charge < -0.3 is 14.2 Å². The van der Waals surface area contributed by atoms with Crippen LogP contribution in [0, 0.1) is 0 Å². The summed E-state index contributed by atoms with van der Waals surface area (Å²) in [6, 6.07) is 18.8. The Morgan fingerprint density at radius 3 is 2.29 bits per heavy atom. The third-order valence-electron chi connectivity index (χ3n) is 4.60. The highest BCUT2D eigenvalue weighted by molar-refractivity contribution is 7.89. The summed E-state index contributed by atoms with van der Waals surface area (Å²) in [5.41, 5.74) is 3.11. The minimum Gasteiger partial charge on any atom is -0.497 e. The van der Waals surface area contributed by atoms with Gasteiger partial charge in [0.05, 0.1) is 37.4 Å². The molecule has 0 aliphatic heterocycles. The van der Waals surface area contributed by atoms with Crippen molar-refractivity contribution in [2.45, 2.75) is 4.90 Å². The van der Waals surface area contributed by atoms with Crippen LogP contribution in [0.3, 0.4) is 0 Å². The number of hydrazone groups is 1. The van der Waals surface area contributed by atoms with E-state index in [-0.39, 0.29) is 16.4 Å². The number of nitrogens with zero attached hydrogens (tertiary/aromatic N) is 1. The molecule has 182 valence electrons. The lowest BCUT2D eigenvalue weighted by molar-refractivity contribution is -0.119. The van der Waals surface area contributed by atoms with Gasteiger partial charge in [0.2, 0.25) is 10.0 Å². The molecule has 0 spiro atoms. The Hall–Kier alpha value is -4.22. The lowest BCUT2D eigenvalue weighted by Crippen LogP contribution is -2.34. The lowest BCUT2D eigenvalue weighted by atomic mass is 10.2. The van der Waals surface area contributed by atoms with E-state index in [9.17, 15) is 18.0 Å². The van der Waals surface area contributed by atoms with E-state index in [1.165, 1.54) is 38.6 Å². The number of carbonyl (C=O) groups excluding carboxylic acids is 2. The molecule has 0 saturated carbocycles. The quantitative estimate of drug-likeness (QED) is 0.190. The molecular formula is C24H23N3O7S. The van der Waals surface area contributed by atoms with Crippen LogP contribution in [0.25, 0.3) is 0 Å². The second-order valence-electron chi connectivity index (χ2n) is 6.96. The fourth-order valence-electron chi connectivity index (χ4n) is 2.80. The van der Waals surface area contributed by atoms with E-state index in [1.807, 2.05) is 0 Å². The summed E-state index contributed by atoms with van der Waals surface area (Å²) < 4.78 is 42.3. The smallest absolute Gasteiger partial charge is 0.343 e. The second kappa shape index (κ2) is 11.8. The van der Waals surface area contributed by atoms with Crippen molar-refractivity contribution in [2.75, 3.05) is 20.8 Å². The van der Waals surface area contributed by atoms with Crippen LogP contribution in [0.5, 0.6) is 17.2 Å². The minimum atomic E-state index is -3.81. The standard InChI is InChI=1S/C24H23N3O7S/c1-32-19-11-9-18(10-12-19)24(29)34-21-13-8-17(14-22(21)33-2)15-25-27-23(28)16-26-35(30,31)20-6-4-3-5-7-20/h3-15,26H,16H2,1-2H3,(H,27,28)/b25-15-. The highest BCUT2D eigenvalue weighted by Gasteiger charge is 2.15. The van der Waals surface area contributed by atoms with E-state index in [2.05, 4.69) is 15.2 Å². The van der Waals surface area contributed by atoms with Crippen LogP contribution in [0.15, 0.2) is 82.8 Å². The fraction of sp³-hybridized carbons (Fsp3) is 0.125. The first kappa shape index (κ1) is 25.4. The molecule has 35 heavy (non-hydrogen) atoms. The Labute approximate surface area is 202 Å². The first-order chi connectivity index (χ1) is 16.8. The van der Waals surface area contributed by atoms with Gasteiger partial charge in [0.25, 0.3) is 5.91 Å². The molecular weight excluding hydrogens is 474 g/mol. The van der Waals surface area contributed by atoms with Gasteiger partial charge in [-0.25, -0.2) is 23.4 Å². The van der Waals surface area contributed by atoms with Gasteiger partial charge in [-0.1, -0.05) is 18.2 Å². The van der Waals surface area contributed by atoms with Gasteiger partial charge in [-0.05, 0) is 60.2 Å². The van der Waals surface area contributed by atoms with Crippen LogP contribution in [-0.2, 0) is 14.8 Å². The maximum absolute atomic E-state index is 12.4. The normalized spacial score (nSPS) is 11.1. The summed E-state index contributed by atoms with van der Waals surface area (Å²) >= 11 is 0. The van der Waals surface area contributed by atoms with Crippen molar-refractivity contribution in [1.29, 1.82) is 0 Å². The monoisotopic (exact) mass is 497 g/mol. The van der Waals surface area contributed by atoms with Crippen LogP contribution in [0.1, 0.15) is 15.9 Å². The number of esters is 1. The molecule has 0 radical (unpaired) electrons. The SMILES string of the molecule is COc1ccc(C(=O)Oc2ccc(/C=N\NC(=O)CNS(=O)(=O)c3ccccc3)cc2OC)cc1. The molecule has 0 saturated heterocycles. The molecule has 0 bridgehead atoms. The number of ether oxygens (including phenoxy) is 3. The number of benzene rings is 3. The molecule has 10 nitrogen and oxygen atoms in total. The van der Waals surface area contributed by atoms with Gasteiger partial charge in [0.1, 0.15) is 5.75 Å². The predicted octanol–water partition coefficient (Wildman–Crippen LogP) is 2.35. The minimum absolute atomic E-state index is 0.0520. The van der Waals surface area contributed by atoms with Crippen molar-refractivity contribution in [3.63, 3.8) is 0 Å². The van der Waals surface area contributed by atoms with Crippen molar-refractivity contribution < 1.29 is 32.2 Å². The molecule has 0 aliphatic carbocycles. The zero-order valence-corrected chi connectivity index (χ0v) is 19.7. The number of hydrogen-bond acceptors (Lipinski definition) is 8. The molecule has 0 heterocycles. The first-order valence-electron chi connectivity index (χ1n) is 10.2. The molecule has 1 amide bonds. The zero-order valence-electron chi connectivity index (χ0n) is 18.9. The molecule has 0 fully saturated rings. The fourth-order valence-corrected chi connectivity index (χ4v) is 3.80. The highest BCUT2D eigenvalue weighted by Crippen LogP contribution is 2.28. The average molecular weight is 498 g/mol. The Morgan fingerprint density at radius 2 is 1.63 bits per heavy atom. The van der Waals surface area contributed by atoms with Crippen molar-refractivity contribution in [1.82, 2.24) is 10.1 Å². The van der Waals surface area contributed by atoms with Gasteiger partial charge in [0.15, 0.2) is 11.5 Å². The van der Waals surface area contributed by atoms with Gasteiger partial charge in [-0.15, -0.1) is 0 Å². The van der Waals surface area contributed by atoms with E-state index in [1.54, 1.807) is 54.6 Å². The molecule has 3 aromatic rings. The molecule has 11 heteroatoms. The lowest BCUT2D eigenvalue weighted by Gasteiger charge is -2.10. The predicted molar refractivity (Wildman–Crippen MR) is 128 cm³/mol. The Kier molecular flexibility index (Phi) is 8.54. The highest BCUT2D eigenvalue weighted by atomic mass is 32.2. The summed E-state index contributed by atoms with van der Waals surface area (Å²) in [5, 5.41) is 3.81. The van der Waals surface area contributed by atoms with Crippen LogP contribution in [0.2, 0.25) is 0 Å². The summed E-state index contributed by atoms with van der Waals surface area (Å²) in [6.45, 7) is -0.488. The topological polar surface area (TPSA) is 132 Å². The van der Waals surface area contributed by atoms with Crippen LogP contribution in [0.4, 0.5) is 0 Å². The van der Waals surface area contributed by atoms with Gasteiger partial charge in [-0.2, -0.15) is 5.10 Å². The number of amides is 1. The van der Waals surface area contributed by atoms with E-state index in [4.69, 9.17) is 14.2 Å². The van der Waals surface area contributed by atoms with E-state index in [0.29, 0.717) is 16.9 Å². The molecule has 3 aromatic carbocycles. The largest absolute Gasteiger partial charge is 0.497 e. The molecule has 3 rings (SSSR count). The summed E-state index contributed by atoms with van der Waals surface area (Å²) in [6.07, 6.45) is 1.33. The third kappa shape index (κ3) is 7.13. The summed E-state index contributed by atoms with van der Waals surface area (Å²) in [7, 11) is -0.859. The number of carbonyl (C=O) groups is 2. The van der Waals surface area contributed by atoms with E-state index < -0.39 is 28.4 Å². The van der Waals surface area contributed by atoms with Crippen LogP contribution < -0.4 is 24.4 Å². The Bertz CT molecular complexity index is 1310. The van der Waals surface area contributed by atoms with Crippen molar-refractivity contribution >= 4 is 28.1 Å². The summed E-state index contributed by atoms with van der Waals surface area (Å²) in [5.74, 6) is -0.138. The number of rotatable bonds is 10. The van der Waals surface area contributed by atoms with Crippen LogP contribution >= 0.6 is 0 Å².